The van der Waals surface area contributed by atoms with E-state index in [-0.39, 0.29) is 31.1 Å². The summed E-state index contributed by atoms with van der Waals surface area (Å²) in [6, 6.07) is 5.88. The van der Waals surface area contributed by atoms with Crippen LogP contribution in [0.25, 0.3) is 0 Å². The van der Waals surface area contributed by atoms with Gasteiger partial charge in [-0.25, -0.2) is 0 Å². The summed E-state index contributed by atoms with van der Waals surface area (Å²) in [6.45, 7) is -1.65. The van der Waals surface area contributed by atoms with E-state index in [9.17, 15) is 42.3 Å². The predicted molar refractivity (Wildman–Crippen MR) is 147 cm³/mol. The first-order chi connectivity index (χ1) is 20.1. The molecule has 17 heteroatoms. The van der Waals surface area contributed by atoms with E-state index in [4.69, 9.17) is 19.1 Å². The Morgan fingerprint density at radius 3 is 1.67 bits per heavy atom. The van der Waals surface area contributed by atoms with Crippen LogP contribution in [-0.4, -0.2) is 133 Å². The van der Waals surface area contributed by atoms with Crippen molar-refractivity contribution in [2.24, 2.45) is 0 Å². The van der Waals surface area contributed by atoms with Crippen molar-refractivity contribution in [1.82, 2.24) is 14.7 Å². The minimum atomic E-state index is -4.13. The van der Waals surface area contributed by atoms with E-state index >= 15 is 0 Å². The molecule has 0 fully saturated rings. The number of amides is 2. The van der Waals surface area contributed by atoms with Gasteiger partial charge in [0.1, 0.15) is 26.2 Å². The number of benzene rings is 1. The van der Waals surface area contributed by atoms with Gasteiger partial charge < -0.3 is 29.9 Å². The molecule has 3 N–H and O–H groups in total. The summed E-state index contributed by atoms with van der Waals surface area (Å²) >= 11 is 0. The molecule has 1 aromatic carbocycles. The van der Waals surface area contributed by atoms with Crippen LogP contribution in [0, 0.1) is 6.92 Å². The van der Waals surface area contributed by atoms with E-state index in [0.29, 0.717) is 16.2 Å². The Kier molecular flexibility index (Phi) is 15.8. The van der Waals surface area contributed by atoms with Gasteiger partial charge in [0, 0.05) is 6.54 Å². The average molecular weight is 632 g/mol. The van der Waals surface area contributed by atoms with Gasteiger partial charge in [-0.15, -0.1) is 0 Å². The second-order valence-electron chi connectivity index (χ2n) is 9.41. The number of carbonyl (C=O) groups excluding carboxylic acids is 3. The molecule has 16 nitrogen and oxygen atoms in total. The number of aliphatic carboxylic acids is 3. The van der Waals surface area contributed by atoms with Crippen molar-refractivity contribution in [2.75, 3.05) is 59.0 Å². The van der Waals surface area contributed by atoms with Crippen LogP contribution in [0.2, 0.25) is 0 Å². The molecule has 1 rings (SSSR count). The minimum absolute atomic E-state index is 0.0680. The first kappa shape index (κ1) is 36.9. The molecule has 1 aromatic rings. The number of hydrogen-bond donors (Lipinski definition) is 3. The molecule has 2 amide bonds. The molecule has 43 heavy (non-hydrogen) atoms. The van der Waals surface area contributed by atoms with Crippen molar-refractivity contribution < 1.29 is 61.4 Å². The van der Waals surface area contributed by atoms with Gasteiger partial charge in [-0.2, -0.15) is 8.42 Å². The van der Waals surface area contributed by atoms with Gasteiger partial charge in [-0.1, -0.05) is 31.0 Å². The van der Waals surface area contributed by atoms with Crippen LogP contribution < -0.4 is 0 Å². The van der Waals surface area contributed by atoms with Gasteiger partial charge in [0.2, 0.25) is 11.8 Å². The third kappa shape index (κ3) is 15.1. The first-order valence-corrected chi connectivity index (χ1v) is 14.6. The molecule has 0 spiro atoms. The second-order valence-corrected chi connectivity index (χ2v) is 11.0. The van der Waals surface area contributed by atoms with Gasteiger partial charge in [0.15, 0.2) is 0 Å². The monoisotopic (exact) mass is 631 g/mol. The Labute approximate surface area is 248 Å². The number of rotatable bonds is 21. The quantitative estimate of drug-likeness (QED) is 0.0896. The SMILES string of the molecule is CCCCOC(=O)CN(CC(=O)O)C(=O)CN(CCCOS(=O)(=O)c1ccc(C)cc1)CC(=O)N(CC(=O)O)CC(=O)O. The zero-order valence-corrected chi connectivity index (χ0v) is 24.8. The van der Waals surface area contributed by atoms with Crippen molar-refractivity contribution in [2.45, 2.75) is 38.0 Å². The van der Waals surface area contributed by atoms with Gasteiger partial charge in [-0.3, -0.25) is 37.9 Å². The van der Waals surface area contributed by atoms with E-state index in [1.54, 1.807) is 19.1 Å². The maximum absolute atomic E-state index is 13.0. The number of carbonyl (C=O) groups is 6. The lowest BCUT2D eigenvalue weighted by atomic mass is 10.2. The molecule has 0 atom stereocenters. The number of aryl methyl sites for hydroxylation is 1. The number of hydrogen-bond acceptors (Lipinski definition) is 11. The molecule has 240 valence electrons. The van der Waals surface area contributed by atoms with Crippen LogP contribution in [0.15, 0.2) is 29.2 Å². The van der Waals surface area contributed by atoms with Gasteiger partial charge in [0.05, 0.1) is 31.2 Å². The standard InChI is InChI=1S/C26H37N3O13S/c1-3-4-11-41-26(38)18-29(17-25(36)37)22(31)14-27(13-21(30)28(15-23(32)33)16-24(34)35)10-5-12-42-43(39,40)20-8-6-19(2)7-9-20/h6-9H,3-5,10-18H2,1-2H3,(H,32,33)(H,34,35)(H,36,37). The summed E-state index contributed by atoms with van der Waals surface area (Å²) in [5.74, 6) is -7.13. The molecule has 0 aromatic heterocycles. The number of ether oxygens (including phenoxy) is 1. The molecule has 0 saturated carbocycles. The van der Waals surface area contributed by atoms with E-state index in [2.05, 4.69) is 0 Å². The van der Waals surface area contributed by atoms with Crippen LogP contribution in [0.4, 0.5) is 0 Å². The Hall–Kier alpha value is -4.09. The second kappa shape index (κ2) is 18.4. The number of carboxylic acid groups (broad SMARTS) is 3. The van der Waals surface area contributed by atoms with Crippen molar-refractivity contribution in [3.8, 4) is 0 Å². The van der Waals surface area contributed by atoms with Gasteiger partial charge in [-0.05, 0) is 31.9 Å². The lowest BCUT2D eigenvalue weighted by Gasteiger charge is -2.27. The zero-order chi connectivity index (χ0) is 32.6. The molecule has 0 heterocycles. The highest BCUT2D eigenvalue weighted by atomic mass is 32.2. The number of carboxylic acids is 3. The fourth-order valence-corrected chi connectivity index (χ4v) is 4.46. The lowest BCUT2D eigenvalue weighted by Crippen LogP contribution is -2.49. The van der Waals surface area contributed by atoms with Crippen LogP contribution in [0.5, 0.6) is 0 Å². The lowest BCUT2D eigenvalue weighted by molar-refractivity contribution is -0.153. The normalized spacial score (nSPS) is 11.1. The van der Waals surface area contributed by atoms with E-state index < -0.39 is 85.1 Å². The fourth-order valence-electron chi connectivity index (χ4n) is 3.51. The Balaban J connectivity index is 3.05. The van der Waals surface area contributed by atoms with Gasteiger partial charge in [0.25, 0.3) is 10.1 Å². The Morgan fingerprint density at radius 2 is 1.21 bits per heavy atom. The van der Waals surface area contributed by atoms with Crippen molar-refractivity contribution in [1.29, 1.82) is 0 Å². The topological polar surface area (TPSA) is 225 Å². The average Bonchev–Trinajstić information content (AvgIpc) is 2.89. The van der Waals surface area contributed by atoms with Crippen molar-refractivity contribution in [3.63, 3.8) is 0 Å². The minimum Gasteiger partial charge on any atom is -0.480 e. The van der Waals surface area contributed by atoms with E-state index in [1.165, 1.54) is 12.1 Å². The van der Waals surface area contributed by atoms with Gasteiger partial charge >= 0.3 is 23.9 Å². The van der Waals surface area contributed by atoms with E-state index in [1.807, 2.05) is 6.92 Å². The number of esters is 1. The highest BCUT2D eigenvalue weighted by Crippen LogP contribution is 2.13. The molecular formula is C26H37N3O13S. The molecule has 0 saturated heterocycles. The smallest absolute Gasteiger partial charge is 0.325 e. The maximum Gasteiger partial charge on any atom is 0.325 e. The molecule has 0 aliphatic carbocycles. The number of unbranched alkanes of at least 4 members (excludes halogenated alkanes) is 1. The third-order valence-corrected chi connectivity index (χ3v) is 6.98. The van der Waals surface area contributed by atoms with E-state index in [0.717, 1.165) is 16.9 Å². The van der Waals surface area contributed by atoms with Crippen LogP contribution in [0.1, 0.15) is 31.7 Å². The first-order valence-electron chi connectivity index (χ1n) is 13.2. The summed E-state index contributed by atoms with van der Waals surface area (Å²) in [6.07, 6.45) is 1.21. The Bertz CT molecular complexity index is 1220. The third-order valence-electron chi connectivity index (χ3n) is 5.65. The summed E-state index contributed by atoms with van der Waals surface area (Å²) in [4.78, 5) is 73.9. The largest absolute Gasteiger partial charge is 0.480 e. The van der Waals surface area contributed by atoms with Crippen LogP contribution in [0.3, 0.4) is 0 Å². The summed E-state index contributed by atoms with van der Waals surface area (Å²) in [5.41, 5.74) is 0.829. The maximum atomic E-state index is 13.0. The summed E-state index contributed by atoms with van der Waals surface area (Å²) < 4.78 is 34.9. The molecule has 0 aliphatic heterocycles. The fraction of sp³-hybridized carbons (Fsp3) is 0.538. The van der Waals surface area contributed by atoms with Crippen LogP contribution >= 0.6 is 0 Å². The predicted octanol–water partition coefficient (Wildman–Crippen LogP) is -0.353. The molecular weight excluding hydrogens is 594 g/mol. The van der Waals surface area contributed by atoms with Crippen molar-refractivity contribution in [3.05, 3.63) is 29.8 Å². The summed E-state index contributed by atoms with van der Waals surface area (Å²) in [7, 11) is -4.13. The zero-order valence-electron chi connectivity index (χ0n) is 24.0. The van der Waals surface area contributed by atoms with Crippen molar-refractivity contribution >= 4 is 45.8 Å². The highest BCUT2D eigenvalue weighted by molar-refractivity contribution is 7.86. The highest BCUT2D eigenvalue weighted by Gasteiger charge is 2.27. The molecule has 0 aliphatic rings. The number of nitrogens with zero attached hydrogens (tertiary/aromatic N) is 3. The molecule has 0 bridgehead atoms. The summed E-state index contributed by atoms with van der Waals surface area (Å²) in [5, 5.41) is 27.4. The Morgan fingerprint density at radius 1 is 0.721 bits per heavy atom. The van der Waals surface area contributed by atoms with Crippen LogP contribution in [-0.2, 0) is 47.8 Å². The molecule has 0 unspecified atom stereocenters. The molecule has 0 radical (unpaired) electrons.